The van der Waals surface area contributed by atoms with Crippen LogP contribution in [0.4, 0.5) is 5.69 Å². The van der Waals surface area contributed by atoms with Crippen LogP contribution in [0, 0.1) is 0 Å². The van der Waals surface area contributed by atoms with Gasteiger partial charge in [-0.15, -0.1) is 11.8 Å². The van der Waals surface area contributed by atoms with Gasteiger partial charge in [0.1, 0.15) is 6.04 Å². The largest absolute Gasteiger partial charge is 0.324 e. The smallest absolute Gasteiger partial charge is 0.248 e. The van der Waals surface area contributed by atoms with E-state index >= 15 is 0 Å². The van der Waals surface area contributed by atoms with E-state index in [0.29, 0.717) is 23.4 Å². The predicted octanol–water partition coefficient (Wildman–Crippen LogP) is 2.28. The summed E-state index contributed by atoms with van der Waals surface area (Å²) in [5.41, 5.74) is 1.25. The summed E-state index contributed by atoms with van der Waals surface area (Å²) in [5, 5.41) is 2.84. The zero-order valence-electron chi connectivity index (χ0n) is 12.6. The Hall–Kier alpha value is -1.82. The van der Waals surface area contributed by atoms with E-state index in [4.69, 9.17) is 0 Å². The molecule has 2 heterocycles. The van der Waals surface area contributed by atoms with E-state index in [9.17, 15) is 14.4 Å². The van der Waals surface area contributed by atoms with Crippen molar-refractivity contribution >= 4 is 35.0 Å². The van der Waals surface area contributed by atoms with Crippen LogP contribution in [0.1, 0.15) is 37.0 Å². The molecule has 0 bridgehead atoms. The van der Waals surface area contributed by atoms with Crippen molar-refractivity contribution in [1.82, 2.24) is 4.90 Å². The van der Waals surface area contributed by atoms with E-state index < -0.39 is 6.04 Å². The van der Waals surface area contributed by atoms with Crippen LogP contribution >= 0.6 is 11.8 Å². The summed E-state index contributed by atoms with van der Waals surface area (Å²) in [6.45, 7) is 3.53. The molecule has 2 aliphatic heterocycles. The van der Waals surface area contributed by atoms with E-state index in [1.54, 1.807) is 40.9 Å². The van der Waals surface area contributed by atoms with Gasteiger partial charge in [-0.25, -0.2) is 0 Å². The number of Topliss-reactive ketones (excluding diaryl/α,β-unsaturated/α-hetero) is 1. The topological polar surface area (TPSA) is 66.5 Å². The van der Waals surface area contributed by atoms with Crippen LogP contribution in [-0.4, -0.2) is 39.2 Å². The molecule has 6 heteroatoms. The first-order valence-corrected chi connectivity index (χ1v) is 8.27. The highest BCUT2D eigenvalue weighted by Gasteiger charge is 2.52. The maximum atomic E-state index is 12.5. The molecular weight excluding hydrogens is 300 g/mol. The summed E-state index contributed by atoms with van der Waals surface area (Å²) in [4.78, 5) is 37.3. The molecule has 1 aromatic carbocycles. The first-order valence-electron chi connectivity index (χ1n) is 7.29. The van der Waals surface area contributed by atoms with E-state index in [2.05, 4.69) is 5.32 Å². The number of rotatable bonds is 3. The van der Waals surface area contributed by atoms with Crippen molar-refractivity contribution in [2.45, 2.75) is 37.6 Å². The number of hydrogen-bond acceptors (Lipinski definition) is 4. The van der Waals surface area contributed by atoms with Crippen LogP contribution in [0.15, 0.2) is 24.3 Å². The molecule has 3 rings (SSSR count). The van der Waals surface area contributed by atoms with Crippen molar-refractivity contribution < 1.29 is 14.4 Å². The Morgan fingerprint density at radius 3 is 2.64 bits per heavy atom. The van der Waals surface area contributed by atoms with Gasteiger partial charge in [-0.05, 0) is 44.5 Å². The van der Waals surface area contributed by atoms with Crippen LogP contribution in [0.5, 0.6) is 0 Å². The second-order valence-electron chi connectivity index (χ2n) is 5.89. The highest BCUT2D eigenvalue weighted by Crippen LogP contribution is 2.47. The number of thioether (sulfide) groups is 1. The van der Waals surface area contributed by atoms with E-state index in [1.165, 1.54) is 6.92 Å². The summed E-state index contributed by atoms with van der Waals surface area (Å²) in [6, 6.07) is 6.38. The van der Waals surface area contributed by atoms with E-state index in [1.807, 2.05) is 6.92 Å². The van der Waals surface area contributed by atoms with Crippen LogP contribution in [0.3, 0.4) is 0 Å². The summed E-state index contributed by atoms with van der Waals surface area (Å²) < 4.78 is 0. The summed E-state index contributed by atoms with van der Waals surface area (Å²) >= 11 is 1.67. The van der Waals surface area contributed by atoms with Crippen molar-refractivity contribution in [1.29, 1.82) is 0 Å². The molecule has 1 aromatic rings. The molecule has 5 nitrogen and oxygen atoms in total. The van der Waals surface area contributed by atoms with Crippen LogP contribution in [0.25, 0.3) is 0 Å². The summed E-state index contributed by atoms with van der Waals surface area (Å²) in [7, 11) is 0. The van der Waals surface area contributed by atoms with Gasteiger partial charge >= 0.3 is 0 Å². The standard InChI is InChI=1S/C16H18N2O3S/c1-10(19)11-3-5-12(6-4-11)17-15(21)13-9-22-16(2)8-7-14(20)18(13)16/h3-6,13H,7-9H2,1-2H3,(H,17,21)/t13-,16+/m1/s1. The molecule has 0 radical (unpaired) electrons. The predicted molar refractivity (Wildman–Crippen MR) is 85.8 cm³/mol. The Morgan fingerprint density at radius 2 is 2.00 bits per heavy atom. The number of ketones is 1. The third kappa shape index (κ3) is 2.52. The second kappa shape index (κ2) is 5.43. The molecule has 2 aliphatic rings. The average Bonchev–Trinajstić information content (AvgIpc) is 2.97. The first kappa shape index (κ1) is 15.1. The van der Waals surface area contributed by atoms with Gasteiger partial charge in [0.2, 0.25) is 11.8 Å². The minimum Gasteiger partial charge on any atom is -0.324 e. The lowest BCUT2D eigenvalue weighted by atomic mass is 10.1. The summed E-state index contributed by atoms with van der Waals surface area (Å²) in [6.07, 6.45) is 1.31. The number of nitrogens with one attached hydrogen (secondary N) is 1. The molecule has 0 spiro atoms. The highest BCUT2D eigenvalue weighted by atomic mass is 32.2. The molecule has 22 heavy (non-hydrogen) atoms. The summed E-state index contributed by atoms with van der Waals surface area (Å²) in [5.74, 6) is 0.504. The van der Waals surface area contributed by atoms with Gasteiger partial charge in [-0.2, -0.15) is 0 Å². The molecule has 2 amide bonds. The zero-order valence-corrected chi connectivity index (χ0v) is 13.4. The van der Waals surface area contributed by atoms with E-state index in [0.717, 1.165) is 6.42 Å². The van der Waals surface area contributed by atoms with Gasteiger partial charge in [0, 0.05) is 23.4 Å². The lowest BCUT2D eigenvalue weighted by molar-refractivity contribution is -0.135. The minimum absolute atomic E-state index is 0.0106. The number of carbonyl (C=O) groups is 3. The third-order valence-corrected chi connectivity index (χ3v) is 5.81. The van der Waals surface area contributed by atoms with Crippen LogP contribution in [0.2, 0.25) is 0 Å². The number of fused-ring (bicyclic) bond motifs is 1. The molecule has 1 N–H and O–H groups in total. The average molecular weight is 318 g/mol. The molecule has 0 saturated carbocycles. The quantitative estimate of drug-likeness (QED) is 0.868. The fraction of sp³-hybridized carbons (Fsp3) is 0.438. The third-order valence-electron chi connectivity index (χ3n) is 4.31. The fourth-order valence-electron chi connectivity index (χ4n) is 3.03. The second-order valence-corrected chi connectivity index (χ2v) is 7.39. The van der Waals surface area contributed by atoms with Crippen molar-refractivity contribution in [3.63, 3.8) is 0 Å². The number of nitrogens with zero attached hydrogens (tertiary/aromatic N) is 1. The minimum atomic E-state index is -0.419. The molecule has 2 atom stereocenters. The fourth-order valence-corrected chi connectivity index (χ4v) is 4.46. The number of carbonyl (C=O) groups excluding carboxylic acids is 3. The van der Waals surface area contributed by atoms with E-state index in [-0.39, 0.29) is 22.5 Å². The van der Waals surface area contributed by atoms with Gasteiger partial charge in [0.15, 0.2) is 5.78 Å². The molecule has 2 fully saturated rings. The van der Waals surface area contributed by atoms with Crippen LogP contribution in [-0.2, 0) is 9.59 Å². The molecule has 2 saturated heterocycles. The Morgan fingerprint density at radius 1 is 1.32 bits per heavy atom. The molecular formula is C16H18N2O3S. The monoisotopic (exact) mass is 318 g/mol. The maximum Gasteiger partial charge on any atom is 0.248 e. The van der Waals surface area contributed by atoms with Crippen molar-refractivity contribution in [3.05, 3.63) is 29.8 Å². The Kier molecular flexibility index (Phi) is 3.72. The lowest BCUT2D eigenvalue weighted by Gasteiger charge is -2.29. The maximum absolute atomic E-state index is 12.5. The SMILES string of the molecule is CC(=O)c1ccc(NC(=O)[C@H]2CS[C@@]3(C)CCC(=O)N23)cc1. The Balaban J connectivity index is 1.72. The van der Waals surface area contributed by atoms with Crippen molar-refractivity contribution in [3.8, 4) is 0 Å². The zero-order chi connectivity index (χ0) is 15.9. The Bertz CT molecular complexity index is 643. The van der Waals surface area contributed by atoms with Gasteiger partial charge in [0.05, 0.1) is 4.87 Å². The highest BCUT2D eigenvalue weighted by molar-refractivity contribution is 8.01. The van der Waals surface area contributed by atoms with Gasteiger partial charge in [-0.3, -0.25) is 14.4 Å². The molecule has 0 aliphatic carbocycles. The Labute approximate surface area is 133 Å². The number of amides is 2. The van der Waals surface area contributed by atoms with Crippen molar-refractivity contribution in [2.24, 2.45) is 0 Å². The molecule has 0 unspecified atom stereocenters. The first-order chi connectivity index (χ1) is 10.4. The normalized spacial score (nSPS) is 26.9. The lowest BCUT2D eigenvalue weighted by Crippen LogP contribution is -2.48. The number of benzene rings is 1. The number of anilines is 1. The number of hydrogen-bond donors (Lipinski definition) is 1. The molecule has 116 valence electrons. The van der Waals surface area contributed by atoms with Crippen LogP contribution < -0.4 is 5.32 Å². The van der Waals surface area contributed by atoms with Gasteiger partial charge in [-0.1, -0.05) is 0 Å². The molecule has 0 aromatic heterocycles. The van der Waals surface area contributed by atoms with Gasteiger partial charge < -0.3 is 10.2 Å². The van der Waals surface area contributed by atoms with Gasteiger partial charge in [0.25, 0.3) is 0 Å². The van der Waals surface area contributed by atoms with Crippen molar-refractivity contribution in [2.75, 3.05) is 11.1 Å².